The molecule has 20 heavy (non-hydrogen) atoms. The van der Waals surface area contributed by atoms with Crippen LogP contribution in [0, 0.1) is 0 Å². The van der Waals surface area contributed by atoms with Crippen LogP contribution in [0.1, 0.15) is 18.1 Å². The fourth-order valence-electron chi connectivity index (χ4n) is 2.45. The van der Waals surface area contributed by atoms with E-state index in [-0.39, 0.29) is 12.7 Å². The van der Waals surface area contributed by atoms with Gasteiger partial charge in [0.15, 0.2) is 5.65 Å². The minimum absolute atomic E-state index is 0.226. The number of anilines is 2. The van der Waals surface area contributed by atoms with E-state index in [0.29, 0.717) is 29.3 Å². The van der Waals surface area contributed by atoms with Crippen molar-refractivity contribution in [3.63, 3.8) is 0 Å². The predicted octanol–water partition coefficient (Wildman–Crippen LogP) is -0.0226. The number of rotatable bonds is 2. The van der Waals surface area contributed by atoms with Gasteiger partial charge in [0.05, 0.1) is 18.8 Å². The summed E-state index contributed by atoms with van der Waals surface area (Å²) >= 11 is 0. The molecule has 3 heterocycles. The standard InChI is InChI=1S/C13H16N4O3/c14-11-2-1-6-3-7(12(15)17-13(6)16-11)9-4-8(19)10(5-18)20-9/h1-3,8-10,18-19H,4-5H2,(H4,14,15,16,17)/t8-,9+,10+/m0/s1. The van der Waals surface area contributed by atoms with Crippen molar-refractivity contribution in [2.24, 2.45) is 0 Å². The van der Waals surface area contributed by atoms with Crippen molar-refractivity contribution in [1.82, 2.24) is 9.97 Å². The van der Waals surface area contributed by atoms with Gasteiger partial charge in [0.1, 0.15) is 17.7 Å². The SMILES string of the molecule is Nc1ccc2cc([C@H]3C[C@H](O)[C@@H](CO)O3)c(N)nc2n1. The van der Waals surface area contributed by atoms with Gasteiger partial charge >= 0.3 is 0 Å². The van der Waals surface area contributed by atoms with E-state index >= 15 is 0 Å². The first kappa shape index (κ1) is 13.0. The average Bonchev–Trinajstić information content (AvgIpc) is 2.79. The van der Waals surface area contributed by atoms with E-state index in [2.05, 4.69) is 9.97 Å². The van der Waals surface area contributed by atoms with Crippen molar-refractivity contribution >= 4 is 22.7 Å². The lowest BCUT2D eigenvalue weighted by molar-refractivity contribution is -0.0224. The molecule has 0 saturated carbocycles. The van der Waals surface area contributed by atoms with Gasteiger partial charge in [-0.3, -0.25) is 0 Å². The summed E-state index contributed by atoms with van der Waals surface area (Å²) in [7, 11) is 0. The molecule has 1 aliphatic heterocycles. The Hall–Kier alpha value is -1.96. The molecule has 0 aromatic carbocycles. The Bertz CT molecular complexity index is 649. The quantitative estimate of drug-likeness (QED) is 0.606. The first-order valence-electron chi connectivity index (χ1n) is 6.35. The Labute approximate surface area is 115 Å². The normalized spacial score (nSPS) is 26.2. The summed E-state index contributed by atoms with van der Waals surface area (Å²) in [5, 5.41) is 19.7. The van der Waals surface area contributed by atoms with E-state index < -0.39 is 12.2 Å². The van der Waals surface area contributed by atoms with Gasteiger partial charge in [-0.1, -0.05) is 0 Å². The van der Waals surface area contributed by atoms with Gasteiger partial charge in [-0.05, 0) is 18.2 Å². The molecule has 1 saturated heterocycles. The van der Waals surface area contributed by atoms with Crippen LogP contribution < -0.4 is 11.5 Å². The lowest BCUT2D eigenvalue weighted by atomic mass is 10.0. The van der Waals surface area contributed by atoms with E-state index in [4.69, 9.17) is 21.3 Å². The minimum atomic E-state index is -0.704. The van der Waals surface area contributed by atoms with Gasteiger partial charge in [0, 0.05) is 17.4 Å². The largest absolute Gasteiger partial charge is 0.394 e. The van der Waals surface area contributed by atoms with Crippen molar-refractivity contribution in [2.75, 3.05) is 18.1 Å². The Morgan fingerprint density at radius 1 is 1.30 bits per heavy atom. The molecule has 0 bridgehead atoms. The number of ether oxygens (including phenoxy) is 1. The lowest BCUT2D eigenvalue weighted by Crippen LogP contribution is -2.24. The van der Waals surface area contributed by atoms with Crippen molar-refractivity contribution in [3.05, 3.63) is 23.8 Å². The molecule has 6 N–H and O–H groups in total. The average molecular weight is 276 g/mol. The van der Waals surface area contributed by atoms with E-state index in [1.54, 1.807) is 6.07 Å². The summed E-state index contributed by atoms with van der Waals surface area (Å²) in [5.41, 5.74) is 12.7. The highest BCUT2D eigenvalue weighted by Gasteiger charge is 2.35. The molecule has 2 aromatic heterocycles. The van der Waals surface area contributed by atoms with Crippen LogP contribution in [-0.4, -0.2) is 39.0 Å². The summed E-state index contributed by atoms with van der Waals surface area (Å²) in [6.07, 6.45) is -1.29. The molecule has 7 nitrogen and oxygen atoms in total. The Balaban J connectivity index is 2.00. The molecule has 0 unspecified atom stereocenters. The summed E-state index contributed by atoms with van der Waals surface area (Å²) in [5.74, 6) is 0.677. The topological polar surface area (TPSA) is 128 Å². The zero-order chi connectivity index (χ0) is 14.3. The van der Waals surface area contributed by atoms with Crippen LogP contribution in [0.15, 0.2) is 18.2 Å². The number of hydrogen-bond donors (Lipinski definition) is 4. The van der Waals surface area contributed by atoms with Gasteiger partial charge in [-0.15, -0.1) is 0 Å². The fraction of sp³-hybridized carbons (Fsp3) is 0.385. The van der Waals surface area contributed by atoms with Gasteiger partial charge in [0.2, 0.25) is 0 Å². The number of pyridine rings is 2. The highest BCUT2D eigenvalue weighted by molar-refractivity contribution is 5.79. The summed E-state index contributed by atoms with van der Waals surface area (Å²) in [6.45, 7) is -0.226. The summed E-state index contributed by atoms with van der Waals surface area (Å²) in [6, 6.07) is 5.33. The molecule has 0 radical (unpaired) electrons. The lowest BCUT2D eigenvalue weighted by Gasteiger charge is -2.14. The molecule has 0 spiro atoms. The van der Waals surface area contributed by atoms with Crippen molar-refractivity contribution in [1.29, 1.82) is 0 Å². The molecule has 106 valence electrons. The van der Waals surface area contributed by atoms with E-state index in [1.165, 1.54) is 0 Å². The number of nitrogens with two attached hydrogens (primary N) is 2. The van der Waals surface area contributed by atoms with Gasteiger partial charge < -0.3 is 26.4 Å². The molecule has 0 amide bonds. The molecular weight excluding hydrogens is 260 g/mol. The second-order valence-electron chi connectivity index (χ2n) is 4.89. The number of fused-ring (bicyclic) bond motifs is 1. The van der Waals surface area contributed by atoms with Gasteiger partial charge in [-0.25, -0.2) is 9.97 Å². The van der Waals surface area contributed by atoms with Gasteiger partial charge in [0.25, 0.3) is 0 Å². The molecule has 3 rings (SSSR count). The van der Waals surface area contributed by atoms with Crippen LogP contribution in [0.4, 0.5) is 11.6 Å². The first-order chi connectivity index (χ1) is 9.58. The Kier molecular flexibility index (Phi) is 3.17. The highest BCUT2D eigenvalue weighted by Crippen LogP contribution is 2.36. The van der Waals surface area contributed by atoms with Crippen LogP contribution >= 0.6 is 0 Å². The van der Waals surface area contributed by atoms with Crippen molar-refractivity contribution < 1.29 is 14.9 Å². The second-order valence-corrected chi connectivity index (χ2v) is 4.89. The van der Waals surface area contributed by atoms with E-state index in [9.17, 15) is 5.11 Å². The smallest absolute Gasteiger partial charge is 0.163 e. The third-order valence-corrected chi connectivity index (χ3v) is 3.51. The molecule has 7 heteroatoms. The number of aliphatic hydroxyl groups is 2. The zero-order valence-corrected chi connectivity index (χ0v) is 10.7. The van der Waals surface area contributed by atoms with Crippen LogP contribution in [0.25, 0.3) is 11.0 Å². The molecule has 1 fully saturated rings. The maximum Gasteiger partial charge on any atom is 0.163 e. The highest BCUT2D eigenvalue weighted by atomic mass is 16.5. The molecule has 3 atom stereocenters. The number of nitrogens with zero attached hydrogens (tertiary/aromatic N) is 2. The third-order valence-electron chi connectivity index (χ3n) is 3.51. The summed E-state index contributed by atoms with van der Waals surface area (Å²) in [4.78, 5) is 8.33. The second kappa shape index (κ2) is 4.86. The van der Waals surface area contributed by atoms with Crippen molar-refractivity contribution in [3.8, 4) is 0 Å². The van der Waals surface area contributed by atoms with E-state index in [1.807, 2.05) is 12.1 Å². The minimum Gasteiger partial charge on any atom is -0.394 e. The number of aliphatic hydroxyl groups excluding tert-OH is 2. The molecule has 0 aliphatic carbocycles. The molecule has 2 aromatic rings. The van der Waals surface area contributed by atoms with Crippen molar-refractivity contribution in [2.45, 2.75) is 24.7 Å². The summed E-state index contributed by atoms with van der Waals surface area (Å²) < 4.78 is 5.60. The van der Waals surface area contributed by atoms with Gasteiger partial charge in [-0.2, -0.15) is 0 Å². The monoisotopic (exact) mass is 276 g/mol. The van der Waals surface area contributed by atoms with Crippen LogP contribution in [-0.2, 0) is 4.74 Å². The molecular formula is C13H16N4O3. The number of nitrogen functional groups attached to an aromatic ring is 2. The maximum absolute atomic E-state index is 9.79. The maximum atomic E-state index is 9.79. The third kappa shape index (κ3) is 2.15. The Morgan fingerprint density at radius 3 is 2.80 bits per heavy atom. The first-order valence-corrected chi connectivity index (χ1v) is 6.35. The van der Waals surface area contributed by atoms with Crippen LogP contribution in [0.5, 0.6) is 0 Å². The number of aromatic nitrogens is 2. The van der Waals surface area contributed by atoms with Crippen LogP contribution in [0.2, 0.25) is 0 Å². The number of hydrogen-bond acceptors (Lipinski definition) is 7. The zero-order valence-electron chi connectivity index (χ0n) is 10.7. The Morgan fingerprint density at radius 2 is 2.10 bits per heavy atom. The van der Waals surface area contributed by atoms with E-state index in [0.717, 1.165) is 5.39 Å². The van der Waals surface area contributed by atoms with Crippen LogP contribution in [0.3, 0.4) is 0 Å². The predicted molar refractivity (Wildman–Crippen MR) is 73.7 cm³/mol. The molecule has 1 aliphatic rings. The fourth-order valence-corrected chi connectivity index (χ4v) is 2.45.